The highest BCUT2D eigenvalue weighted by atomic mass is 79.9. The molecule has 1 heterocycles. The number of hydrogen-bond donors (Lipinski definition) is 0. The van der Waals surface area contributed by atoms with E-state index in [1.54, 1.807) is 0 Å². The Kier molecular flexibility index (Phi) is 4.13. The maximum absolute atomic E-state index is 6.11. The second-order valence-electron chi connectivity index (χ2n) is 5.31. The molecule has 0 spiro atoms. The number of alkyl halides is 1. The molecule has 0 saturated heterocycles. The van der Waals surface area contributed by atoms with E-state index in [1.165, 1.54) is 44.0 Å². The van der Waals surface area contributed by atoms with Gasteiger partial charge in [0.1, 0.15) is 5.82 Å². The Morgan fingerprint density at radius 2 is 1.95 bits per heavy atom. The SMILES string of the molecule is ClCc1nc2cc(Br)ccc2n1C1CCCCCC1. The number of rotatable bonds is 2. The van der Waals surface area contributed by atoms with Crippen LogP contribution in [0.5, 0.6) is 0 Å². The first kappa shape index (κ1) is 13.4. The molecule has 0 atom stereocenters. The predicted octanol–water partition coefficient (Wildman–Crippen LogP) is 5.43. The van der Waals surface area contributed by atoms with E-state index in [0.29, 0.717) is 11.9 Å². The fourth-order valence-corrected chi connectivity index (χ4v) is 3.68. The van der Waals surface area contributed by atoms with Gasteiger partial charge in [-0.2, -0.15) is 0 Å². The van der Waals surface area contributed by atoms with Crippen molar-refractivity contribution in [3.8, 4) is 0 Å². The third kappa shape index (κ3) is 2.68. The van der Waals surface area contributed by atoms with Crippen LogP contribution in [0.15, 0.2) is 22.7 Å². The van der Waals surface area contributed by atoms with Crippen molar-refractivity contribution in [3.63, 3.8) is 0 Å². The van der Waals surface area contributed by atoms with Crippen LogP contribution in [0.3, 0.4) is 0 Å². The summed E-state index contributed by atoms with van der Waals surface area (Å²) < 4.78 is 3.46. The molecular formula is C15H18BrClN2. The molecule has 0 unspecified atom stereocenters. The first-order chi connectivity index (χ1) is 9.29. The number of fused-ring (bicyclic) bond motifs is 1. The summed E-state index contributed by atoms with van der Waals surface area (Å²) in [5.41, 5.74) is 2.28. The molecule has 2 nitrogen and oxygen atoms in total. The molecule has 0 aliphatic heterocycles. The molecular weight excluding hydrogens is 324 g/mol. The minimum atomic E-state index is 0.489. The van der Waals surface area contributed by atoms with Crippen molar-refractivity contribution in [1.29, 1.82) is 0 Å². The second-order valence-corrected chi connectivity index (χ2v) is 6.49. The van der Waals surface area contributed by atoms with Crippen LogP contribution in [-0.4, -0.2) is 9.55 Å². The quantitative estimate of drug-likeness (QED) is 0.526. The zero-order chi connectivity index (χ0) is 13.2. The molecule has 1 aromatic heterocycles. The average Bonchev–Trinajstić information content (AvgIpc) is 2.60. The minimum absolute atomic E-state index is 0.489. The number of aromatic nitrogens is 2. The van der Waals surface area contributed by atoms with Crippen LogP contribution in [-0.2, 0) is 5.88 Å². The molecule has 4 heteroatoms. The third-order valence-electron chi connectivity index (χ3n) is 4.03. The number of halogens is 2. The zero-order valence-electron chi connectivity index (χ0n) is 10.9. The summed E-state index contributed by atoms with van der Waals surface area (Å²) in [6, 6.07) is 6.91. The van der Waals surface area contributed by atoms with E-state index in [-0.39, 0.29) is 0 Å². The van der Waals surface area contributed by atoms with E-state index >= 15 is 0 Å². The summed E-state index contributed by atoms with van der Waals surface area (Å²) in [7, 11) is 0. The monoisotopic (exact) mass is 340 g/mol. The molecule has 0 radical (unpaired) electrons. The van der Waals surface area contributed by atoms with Crippen LogP contribution in [0.1, 0.15) is 50.4 Å². The van der Waals surface area contributed by atoms with Crippen LogP contribution in [0.2, 0.25) is 0 Å². The third-order valence-corrected chi connectivity index (χ3v) is 4.77. The van der Waals surface area contributed by atoms with Crippen LogP contribution < -0.4 is 0 Å². The van der Waals surface area contributed by atoms with Gasteiger partial charge in [-0.15, -0.1) is 11.6 Å². The normalized spacial score (nSPS) is 17.8. The molecule has 1 aromatic carbocycles. The van der Waals surface area contributed by atoms with E-state index in [4.69, 9.17) is 16.6 Å². The minimum Gasteiger partial charge on any atom is -0.324 e. The lowest BCUT2D eigenvalue weighted by Gasteiger charge is -2.19. The van der Waals surface area contributed by atoms with Crippen molar-refractivity contribution in [1.82, 2.24) is 9.55 Å². The van der Waals surface area contributed by atoms with Crippen molar-refractivity contribution < 1.29 is 0 Å². The largest absolute Gasteiger partial charge is 0.324 e. The summed E-state index contributed by atoms with van der Waals surface area (Å²) in [6.45, 7) is 0. The Balaban J connectivity index is 2.09. The lowest BCUT2D eigenvalue weighted by atomic mass is 10.1. The van der Waals surface area contributed by atoms with Gasteiger partial charge in [-0.25, -0.2) is 4.98 Å². The van der Waals surface area contributed by atoms with Gasteiger partial charge in [0.05, 0.1) is 16.9 Å². The molecule has 1 fully saturated rings. The highest BCUT2D eigenvalue weighted by molar-refractivity contribution is 9.10. The van der Waals surface area contributed by atoms with E-state index in [2.05, 4.69) is 38.7 Å². The average molecular weight is 342 g/mol. The van der Waals surface area contributed by atoms with E-state index in [1.807, 2.05) is 0 Å². The molecule has 1 aliphatic rings. The van der Waals surface area contributed by atoms with Crippen LogP contribution in [0.4, 0.5) is 0 Å². The van der Waals surface area contributed by atoms with Gasteiger partial charge in [0, 0.05) is 10.5 Å². The maximum Gasteiger partial charge on any atom is 0.125 e. The van der Waals surface area contributed by atoms with Crippen LogP contribution in [0.25, 0.3) is 11.0 Å². The van der Waals surface area contributed by atoms with Gasteiger partial charge < -0.3 is 4.57 Å². The first-order valence-corrected chi connectivity index (χ1v) is 8.34. The summed E-state index contributed by atoms with van der Waals surface area (Å²) in [4.78, 5) is 4.70. The zero-order valence-corrected chi connectivity index (χ0v) is 13.3. The molecule has 0 bridgehead atoms. The molecule has 102 valence electrons. The van der Waals surface area contributed by atoms with Gasteiger partial charge in [-0.05, 0) is 31.0 Å². The lowest BCUT2D eigenvalue weighted by molar-refractivity contribution is 0.444. The fourth-order valence-electron chi connectivity index (χ4n) is 3.14. The Bertz CT molecular complexity index is 571. The Morgan fingerprint density at radius 3 is 2.63 bits per heavy atom. The number of benzene rings is 1. The highest BCUT2D eigenvalue weighted by Crippen LogP contribution is 2.32. The molecule has 2 aromatic rings. The first-order valence-electron chi connectivity index (χ1n) is 7.02. The second kappa shape index (κ2) is 5.84. The van der Waals surface area contributed by atoms with Crippen LogP contribution in [0, 0.1) is 0 Å². The topological polar surface area (TPSA) is 17.8 Å². The van der Waals surface area contributed by atoms with Gasteiger partial charge in [0.25, 0.3) is 0 Å². The standard InChI is InChI=1S/C15H18BrClN2/c16-11-7-8-14-13(9-11)18-15(10-17)19(14)12-5-3-1-2-4-6-12/h7-9,12H,1-6,10H2. The predicted molar refractivity (Wildman–Crippen MR) is 83.7 cm³/mol. The summed E-state index contributed by atoms with van der Waals surface area (Å²) in [6.07, 6.45) is 7.89. The summed E-state index contributed by atoms with van der Waals surface area (Å²) >= 11 is 9.62. The van der Waals surface area contributed by atoms with E-state index in [0.717, 1.165) is 15.8 Å². The number of hydrogen-bond acceptors (Lipinski definition) is 1. The van der Waals surface area contributed by atoms with Gasteiger partial charge in [-0.3, -0.25) is 0 Å². The van der Waals surface area contributed by atoms with Crippen molar-refractivity contribution in [3.05, 3.63) is 28.5 Å². The molecule has 1 saturated carbocycles. The van der Waals surface area contributed by atoms with Gasteiger partial charge in [0.15, 0.2) is 0 Å². The van der Waals surface area contributed by atoms with E-state index < -0.39 is 0 Å². The molecule has 19 heavy (non-hydrogen) atoms. The van der Waals surface area contributed by atoms with Crippen molar-refractivity contribution in [2.45, 2.75) is 50.4 Å². The number of nitrogens with zero attached hydrogens (tertiary/aromatic N) is 2. The van der Waals surface area contributed by atoms with Crippen molar-refractivity contribution >= 4 is 38.6 Å². The summed E-state index contributed by atoms with van der Waals surface area (Å²) in [5.74, 6) is 1.50. The Hall–Kier alpha value is -0.540. The van der Waals surface area contributed by atoms with Crippen molar-refractivity contribution in [2.75, 3.05) is 0 Å². The van der Waals surface area contributed by atoms with Gasteiger partial charge in [-0.1, -0.05) is 41.6 Å². The van der Waals surface area contributed by atoms with Gasteiger partial charge >= 0.3 is 0 Å². The molecule has 1 aliphatic carbocycles. The van der Waals surface area contributed by atoms with Crippen molar-refractivity contribution in [2.24, 2.45) is 0 Å². The molecule has 0 amide bonds. The van der Waals surface area contributed by atoms with Gasteiger partial charge in [0.2, 0.25) is 0 Å². The number of imidazole rings is 1. The molecule has 3 rings (SSSR count). The smallest absolute Gasteiger partial charge is 0.125 e. The molecule has 0 N–H and O–H groups in total. The van der Waals surface area contributed by atoms with Crippen LogP contribution >= 0.6 is 27.5 Å². The highest BCUT2D eigenvalue weighted by Gasteiger charge is 2.20. The maximum atomic E-state index is 6.11. The Morgan fingerprint density at radius 1 is 1.21 bits per heavy atom. The fraction of sp³-hybridized carbons (Fsp3) is 0.533. The van der Waals surface area contributed by atoms with E-state index in [9.17, 15) is 0 Å². The Labute approximate surface area is 127 Å². The summed E-state index contributed by atoms with van der Waals surface area (Å²) in [5, 5.41) is 0. The lowest BCUT2D eigenvalue weighted by Crippen LogP contribution is -2.11.